The number of Topliss-reactive ketones (excluding diaryl/α,β-unsaturated/α-hetero) is 1. The van der Waals surface area contributed by atoms with E-state index in [1.54, 1.807) is 7.11 Å². The summed E-state index contributed by atoms with van der Waals surface area (Å²) >= 11 is 0. The Balaban J connectivity index is 2.24. The van der Waals surface area contributed by atoms with E-state index in [0.29, 0.717) is 18.6 Å². The molecule has 1 aliphatic rings. The van der Waals surface area contributed by atoms with Crippen LogP contribution in [-0.4, -0.2) is 19.4 Å². The van der Waals surface area contributed by atoms with Crippen molar-refractivity contribution in [3.8, 4) is 5.75 Å². The summed E-state index contributed by atoms with van der Waals surface area (Å²) in [5.41, 5.74) is 1.08. The molecule has 0 radical (unpaired) electrons. The molecule has 1 unspecified atom stereocenters. The van der Waals surface area contributed by atoms with Crippen LogP contribution < -0.4 is 10.1 Å². The Morgan fingerprint density at radius 1 is 1.40 bits per heavy atom. The standard InChI is InChI=1S/C12H15NO2/c1-15-12-5-3-2-4-10(12)11-8-9(14)6-7-13-11/h2-5,11,13H,6-8H2,1H3. The summed E-state index contributed by atoms with van der Waals surface area (Å²) in [5.74, 6) is 1.18. The average Bonchev–Trinajstić information content (AvgIpc) is 2.29. The number of piperidine rings is 1. The van der Waals surface area contributed by atoms with Gasteiger partial charge < -0.3 is 10.1 Å². The predicted octanol–water partition coefficient (Wildman–Crippen LogP) is 1.69. The maximum Gasteiger partial charge on any atom is 0.136 e. The van der Waals surface area contributed by atoms with E-state index in [9.17, 15) is 4.79 Å². The van der Waals surface area contributed by atoms with Crippen LogP contribution in [0.25, 0.3) is 0 Å². The number of ketones is 1. The Kier molecular flexibility index (Phi) is 3.02. The van der Waals surface area contributed by atoms with Crippen LogP contribution in [0.5, 0.6) is 5.75 Å². The van der Waals surface area contributed by atoms with Gasteiger partial charge in [0.05, 0.1) is 7.11 Å². The largest absolute Gasteiger partial charge is 0.496 e. The molecule has 2 rings (SSSR count). The van der Waals surface area contributed by atoms with Gasteiger partial charge in [-0.25, -0.2) is 0 Å². The zero-order valence-corrected chi connectivity index (χ0v) is 8.82. The second kappa shape index (κ2) is 4.45. The Labute approximate surface area is 89.4 Å². The van der Waals surface area contributed by atoms with E-state index in [1.165, 1.54) is 0 Å². The van der Waals surface area contributed by atoms with Crippen molar-refractivity contribution in [1.29, 1.82) is 0 Å². The minimum atomic E-state index is 0.113. The monoisotopic (exact) mass is 205 g/mol. The molecule has 15 heavy (non-hydrogen) atoms. The fourth-order valence-electron chi connectivity index (χ4n) is 1.96. The van der Waals surface area contributed by atoms with Gasteiger partial charge in [0.1, 0.15) is 11.5 Å². The van der Waals surface area contributed by atoms with Crippen LogP contribution in [0.15, 0.2) is 24.3 Å². The number of methoxy groups -OCH3 is 1. The molecule has 0 aliphatic carbocycles. The zero-order valence-electron chi connectivity index (χ0n) is 8.82. The molecular formula is C12H15NO2. The number of hydrogen-bond donors (Lipinski definition) is 1. The fraction of sp³-hybridized carbons (Fsp3) is 0.417. The first-order chi connectivity index (χ1) is 7.31. The van der Waals surface area contributed by atoms with Crippen molar-refractivity contribution < 1.29 is 9.53 Å². The van der Waals surface area contributed by atoms with E-state index in [1.807, 2.05) is 24.3 Å². The highest BCUT2D eigenvalue weighted by atomic mass is 16.5. The predicted molar refractivity (Wildman–Crippen MR) is 58.0 cm³/mol. The number of ether oxygens (including phenoxy) is 1. The summed E-state index contributed by atoms with van der Waals surface area (Å²) in [6.45, 7) is 0.765. The first-order valence-corrected chi connectivity index (χ1v) is 5.19. The van der Waals surface area contributed by atoms with Crippen molar-refractivity contribution in [2.75, 3.05) is 13.7 Å². The van der Waals surface area contributed by atoms with E-state index in [-0.39, 0.29) is 6.04 Å². The van der Waals surface area contributed by atoms with Crippen LogP contribution in [0.4, 0.5) is 0 Å². The Morgan fingerprint density at radius 2 is 2.20 bits per heavy atom. The number of hydrogen-bond acceptors (Lipinski definition) is 3. The molecule has 1 aromatic rings. The van der Waals surface area contributed by atoms with Crippen molar-refractivity contribution in [3.63, 3.8) is 0 Å². The molecule has 1 saturated heterocycles. The number of para-hydroxylation sites is 1. The van der Waals surface area contributed by atoms with Gasteiger partial charge in [0.2, 0.25) is 0 Å². The van der Waals surface area contributed by atoms with Crippen molar-refractivity contribution in [1.82, 2.24) is 5.32 Å². The number of carbonyl (C=O) groups excluding carboxylic acids is 1. The molecule has 0 aromatic heterocycles. The van der Waals surface area contributed by atoms with Crippen molar-refractivity contribution >= 4 is 5.78 Å². The summed E-state index contributed by atoms with van der Waals surface area (Å²) in [4.78, 5) is 11.4. The molecule has 1 aliphatic heterocycles. The van der Waals surface area contributed by atoms with Gasteiger partial charge in [0, 0.05) is 31.0 Å². The zero-order chi connectivity index (χ0) is 10.7. The van der Waals surface area contributed by atoms with E-state index in [0.717, 1.165) is 17.9 Å². The number of nitrogens with one attached hydrogen (secondary N) is 1. The van der Waals surface area contributed by atoms with Crippen molar-refractivity contribution in [3.05, 3.63) is 29.8 Å². The second-order valence-corrected chi connectivity index (χ2v) is 3.74. The summed E-state index contributed by atoms with van der Waals surface area (Å²) in [6.07, 6.45) is 1.21. The van der Waals surface area contributed by atoms with Crippen LogP contribution in [0.1, 0.15) is 24.4 Å². The van der Waals surface area contributed by atoms with E-state index in [4.69, 9.17) is 4.74 Å². The number of rotatable bonds is 2. The molecule has 1 N–H and O–H groups in total. The highest BCUT2D eigenvalue weighted by Gasteiger charge is 2.22. The van der Waals surface area contributed by atoms with Crippen LogP contribution in [-0.2, 0) is 4.79 Å². The molecule has 3 nitrogen and oxygen atoms in total. The third kappa shape index (κ3) is 2.18. The van der Waals surface area contributed by atoms with Gasteiger partial charge in [-0.05, 0) is 6.07 Å². The highest BCUT2D eigenvalue weighted by Crippen LogP contribution is 2.28. The molecule has 1 aromatic carbocycles. The molecule has 3 heteroatoms. The van der Waals surface area contributed by atoms with Gasteiger partial charge in [-0.15, -0.1) is 0 Å². The van der Waals surface area contributed by atoms with Crippen molar-refractivity contribution in [2.24, 2.45) is 0 Å². The third-order valence-corrected chi connectivity index (χ3v) is 2.74. The SMILES string of the molecule is COc1ccccc1C1CC(=O)CCN1. The summed E-state index contributed by atoms with van der Waals surface area (Å²) < 4.78 is 5.28. The number of carbonyl (C=O) groups is 1. The lowest BCUT2D eigenvalue weighted by Gasteiger charge is -2.24. The maximum atomic E-state index is 11.4. The maximum absolute atomic E-state index is 11.4. The molecule has 1 atom stereocenters. The van der Waals surface area contributed by atoms with E-state index < -0.39 is 0 Å². The first kappa shape index (κ1) is 10.2. The third-order valence-electron chi connectivity index (χ3n) is 2.74. The topological polar surface area (TPSA) is 38.3 Å². The molecule has 0 spiro atoms. The van der Waals surface area contributed by atoms with E-state index in [2.05, 4.69) is 5.32 Å². The minimum absolute atomic E-state index is 0.113. The van der Waals surface area contributed by atoms with Crippen LogP contribution in [0, 0.1) is 0 Å². The number of benzene rings is 1. The molecular weight excluding hydrogens is 190 g/mol. The van der Waals surface area contributed by atoms with Crippen LogP contribution in [0.2, 0.25) is 0 Å². The lowest BCUT2D eigenvalue weighted by Crippen LogP contribution is -2.32. The van der Waals surface area contributed by atoms with Gasteiger partial charge in [0.15, 0.2) is 0 Å². The molecule has 0 saturated carbocycles. The summed E-state index contributed by atoms with van der Waals surface area (Å²) in [5, 5.41) is 3.34. The quantitative estimate of drug-likeness (QED) is 0.798. The second-order valence-electron chi connectivity index (χ2n) is 3.74. The Morgan fingerprint density at radius 3 is 2.93 bits per heavy atom. The Hall–Kier alpha value is -1.35. The van der Waals surface area contributed by atoms with Crippen molar-refractivity contribution in [2.45, 2.75) is 18.9 Å². The average molecular weight is 205 g/mol. The van der Waals surface area contributed by atoms with Gasteiger partial charge in [-0.1, -0.05) is 18.2 Å². The minimum Gasteiger partial charge on any atom is -0.496 e. The van der Waals surface area contributed by atoms with E-state index >= 15 is 0 Å². The highest BCUT2D eigenvalue weighted by molar-refractivity contribution is 5.80. The smallest absolute Gasteiger partial charge is 0.136 e. The fourth-order valence-corrected chi connectivity index (χ4v) is 1.96. The molecule has 1 fully saturated rings. The van der Waals surface area contributed by atoms with Crippen LogP contribution in [0.3, 0.4) is 0 Å². The van der Waals surface area contributed by atoms with Crippen LogP contribution >= 0.6 is 0 Å². The first-order valence-electron chi connectivity index (χ1n) is 5.19. The molecule has 80 valence electrons. The summed E-state index contributed by atoms with van der Waals surface area (Å²) in [7, 11) is 1.66. The lowest BCUT2D eigenvalue weighted by atomic mass is 9.96. The normalized spacial score (nSPS) is 21.4. The van der Waals surface area contributed by atoms with Gasteiger partial charge >= 0.3 is 0 Å². The van der Waals surface area contributed by atoms with Gasteiger partial charge in [-0.3, -0.25) is 4.79 Å². The molecule has 0 amide bonds. The lowest BCUT2D eigenvalue weighted by molar-refractivity contribution is -0.120. The Bertz CT molecular complexity index is 362. The molecule has 0 bridgehead atoms. The molecule has 1 heterocycles. The van der Waals surface area contributed by atoms with Gasteiger partial charge in [-0.2, -0.15) is 0 Å². The summed E-state index contributed by atoms with van der Waals surface area (Å²) in [6, 6.07) is 7.96. The van der Waals surface area contributed by atoms with Gasteiger partial charge in [0.25, 0.3) is 0 Å².